The van der Waals surface area contributed by atoms with Crippen molar-refractivity contribution in [2.75, 3.05) is 6.61 Å². The second kappa shape index (κ2) is 6.15. The van der Waals surface area contributed by atoms with Gasteiger partial charge in [0.2, 0.25) is 5.91 Å². The largest absolute Gasteiger partial charge is 0.480 e. The topological polar surface area (TPSA) is 89.9 Å². The van der Waals surface area contributed by atoms with E-state index < -0.39 is 18.6 Å². The van der Waals surface area contributed by atoms with E-state index in [1.54, 1.807) is 6.92 Å². The molecule has 0 aromatic carbocycles. The fourth-order valence-electron chi connectivity index (χ4n) is 2.59. The molecule has 1 aliphatic rings. The number of carbonyl (C=O) groups excluding carboxylic acids is 1. The predicted molar refractivity (Wildman–Crippen MR) is 66.1 cm³/mol. The second-order valence-electron chi connectivity index (χ2n) is 4.98. The maximum absolute atomic E-state index is 12.0. The second-order valence-corrected chi connectivity index (χ2v) is 4.98. The van der Waals surface area contributed by atoms with Gasteiger partial charge in [0.1, 0.15) is 6.04 Å². The summed E-state index contributed by atoms with van der Waals surface area (Å²) in [6, 6.07) is -0.977. The molecule has 0 bridgehead atoms. The van der Waals surface area contributed by atoms with Crippen LogP contribution >= 0.6 is 0 Å². The maximum atomic E-state index is 12.0. The van der Waals surface area contributed by atoms with E-state index >= 15 is 0 Å². The number of hydrogen-bond donors (Lipinski definition) is 3. The molecule has 0 aromatic rings. The van der Waals surface area contributed by atoms with Crippen LogP contribution in [0.2, 0.25) is 0 Å². The minimum Gasteiger partial charge on any atom is -0.480 e. The number of carboxylic acids is 1. The van der Waals surface area contributed by atoms with Crippen molar-refractivity contribution in [3.63, 3.8) is 0 Å². The third-order valence-corrected chi connectivity index (χ3v) is 3.64. The Balaban J connectivity index is 2.63. The van der Waals surface area contributed by atoms with E-state index in [4.69, 9.17) is 10.2 Å². The average Bonchev–Trinajstić information content (AvgIpc) is 2.64. The van der Waals surface area contributed by atoms with E-state index in [1.807, 2.05) is 0 Å². The lowest BCUT2D eigenvalue weighted by Crippen LogP contribution is -2.53. The number of aliphatic hydroxyl groups excluding tert-OH is 1. The quantitative estimate of drug-likeness (QED) is 0.636. The first-order valence-electron chi connectivity index (χ1n) is 6.30. The lowest BCUT2D eigenvalue weighted by molar-refractivity contribution is -0.143. The maximum Gasteiger partial charge on any atom is 0.328 e. The highest BCUT2D eigenvalue weighted by atomic mass is 16.4. The van der Waals surface area contributed by atoms with E-state index in [-0.39, 0.29) is 11.9 Å². The number of nitrogens with zero attached hydrogens (tertiary/aromatic N) is 1. The van der Waals surface area contributed by atoms with Crippen molar-refractivity contribution in [3.05, 3.63) is 0 Å². The normalized spacial score (nSPS) is 27.8. The van der Waals surface area contributed by atoms with Crippen LogP contribution < -0.4 is 5.32 Å². The van der Waals surface area contributed by atoms with Gasteiger partial charge in [-0.15, -0.1) is 0 Å². The van der Waals surface area contributed by atoms with E-state index in [2.05, 4.69) is 24.1 Å². The summed E-state index contributed by atoms with van der Waals surface area (Å²) in [5.41, 5.74) is 0. The fourth-order valence-corrected chi connectivity index (χ4v) is 2.59. The van der Waals surface area contributed by atoms with Gasteiger partial charge in [-0.3, -0.25) is 9.69 Å². The minimum atomic E-state index is -1.23. The number of aliphatic hydroxyl groups is 1. The van der Waals surface area contributed by atoms with Crippen LogP contribution in [-0.2, 0) is 9.59 Å². The molecule has 1 amide bonds. The molecule has 0 aliphatic carbocycles. The minimum absolute atomic E-state index is 0.318. The first-order valence-corrected chi connectivity index (χ1v) is 6.30. The van der Waals surface area contributed by atoms with Crippen LogP contribution in [0.4, 0.5) is 0 Å². The van der Waals surface area contributed by atoms with Gasteiger partial charge in [0.25, 0.3) is 0 Å². The number of amides is 1. The van der Waals surface area contributed by atoms with Crippen molar-refractivity contribution >= 4 is 11.9 Å². The van der Waals surface area contributed by atoms with Crippen molar-refractivity contribution < 1.29 is 19.8 Å². The Morgan fingerprint density at radius 3 is 2.22 bits per heavy atom. The molecule has 1 rings (SSSR count). The summed E-state index contributed by atoms with van der Waals surface area (Å²) in [6.07, 6.45) is 2.09. The van der Waals surface area contributed by atoms with Gasteiger partial charge in [-0.05, 0) is 33.6 Å². The Labute approximate surface area is 107 Å². The Kier molecular flexibility index (Phi) is 5.10. The standard InChI is InChI=1S/C12H22N2O4/c1-7-4-5-8(2)14(7)9(3)11(16)13-10(6-15)12(17)18/h7-10,15H,4-6H2,1-3H3,(H,13,16)(H,17,18)/t7?,8?,9?,10-/m0/s1. The molecule has 0 aromatic heterocycles. The van der Waals surface area contributed by atoms with Crippen LogP contribution in [0.1, 0.15) is 33.6 Å². The summed E-state index contributed by atoms with van der Waals surface area (Å²) >= 11 is 0. The van der Waals surface area contributed by atoms with Gasteiger partial charge in [0, 0.05) is 12.1 Å². The highest BCUT2D eigenvalue weighted by molar-refractivity contribution is 5.86. The van der Waals surface area contributed by atoms with E-state index in [9.17, 15) is 9.59 Å². The molecule has 0 spiro atoms. The Bertz CT molecular complexity index is 311. The molecule has 3 N–H and O–H groups in total. The third-order valence-electron chi connectivity index (χ3n) is 3.64. The van der Waals surface area contributed by atoms with Gasteiger partial charge in [-0.25, -0.2) is 4.79 Å². The van der Waals surface area contributed by atoms with Crippen molar-refractivity contribution in [3.8, 4) is 0 Å². The summed E-state index contributed by atoms with van der Waals surface area (Å²) in [5.74, 6) is -1.57. The SMILES string of the molecule is CC1CCC(C)N1C(C)C(=O)N[C@@H](CO)C(=O)O. The molecular weight excluding hydrogens is 236 g/mol. The lowest BCUT2D eigenvalue weighted by Gasteiger charge is -2.32. The zero-order valence-electron chi connectivity index (χ0n) is 11.1. The van der Waals surface area contributed by atoms with Crippen molar-refractivity contribution in [1.82, 2.24) is 10.2 Å². The molecule has 3 unspecified atom stereocenters. The van der Waals surface area contributed by atoms with Gasteiger partial charge in [0.15, 0.2) is 0 Å². The zero-order valence-corrected chi connectivity index (χ0v) is 11.1. The highest BCUT2D eigenvalue weighted by Crippen LogP contribution is 2.25. The number of likely N-dealkylation sites (tertiary alicyclic amines) is 1. The van der Waals surface area contributed by atoms with E-state index in [0.717, 1.165) is 12.8 Å². The number of carboxylic acid groups (broad SMARTS) is 1. The molecule has 6 heteroatoms. The third kappa shape index (κ3) is 3.20. The molecule has 4 atom stereocenters. The fraction of sp³-hybridized carbons (Fsp3) is 0.833. The summed E-state index contributed by atoms with van der Waals surface area (Å²) in [6.45, 7) is 5.30. The summed E-state index contributed by atoms with van der Waals surface area (Å²) in [4.78, 5) is 24.8. The predicted octanol–water partition coefficient (Wildman–Crippen LogP) is -0.191. The van der Waals surface area contributed by atoms with E-state index in [0.29, 0.717) is 12.1 Å². The molecule has 1 heterocycles. The molecule has 0 radical (unpaired) electrons. The monoisotopic (exact) mass is 258 g/mol. The summed E-state index contributed by atoms with van der Waals surface area (Å²) in [7, 11) is 0. The first kappa shape index (κ1) is 14.9. The Morgan fingerprint density at radius 2 is 1.83 bits per heavy atom. The number of hydrogen-bond acceptors (Lipinski definition) is 4. The van der Waals surface area contributed by atoms with E-state index in [1.165, 1.54) is 0 Å². The van der Waals surface area contributed by atoms with Gasteiger partial charge >= 0.3 is 5.97 Å². The van der Waals surface area contributed by atoms with Gasteiger partial charge in [-0.1, -0.05) is 0 Å². The van der Waals surface area contributed by atoms with Crippen LogP contribution in [0.15, 0.2) is 0 Å². The molecular formula is C12H22N2O4. The number of carbonyl (C=O) groups is 2. The van der Waals surface area contributed by atoms with Crippen LogP contribution in [0.25, 0.3) is 0 Å². The Morgan fingerprint density at radius 1 is 1.33 bits per heavy atom. The molecule has 1 fully saturated rings. The first-order chi connectivity index (χ1) is 8.38. The van der Waals surface area contributed by atoms with Gasteiger partial charge in [-0.2, -0.15) is 0 Å². The van der Waals surface area contributed by atoms with Crippen LogP contribution in [0.5, 0.6) is 0 Å². The summed E-state index contributed by atoms with van der Waals surface area (Å²) in [5, 5.41) is 20.0. The van der Waals surface area contributed by atoms with Gasteiger partial charge in [0.05, 0.1) is 12.6 Å². The molecule has 0 saturated carbocycles. The lowest BCUT2D eigenvalue weighted by atomic mass is 10.2. The van der Waals surface area contributed by atoms with Crippen LogP contribution in [0.3, 0.4) is 0 Å². The molecule has 1 saturated heterocycles. The van der Waals surface area contributed by atoms with Gasteiger partial charge < -0.3 is 15.5 Å². The van der Waals surface area contributed by atoms with Crippen LogP contribution in [-0.4, -0.2) is 57.8 Å². The summed E-state index contributed by atoms with van der Waals surface area (Å²) < 4.78 is 0. The Hall–Kier alpha value is -1.14. The molecule has 1 aliphatic heterocycles. The van der Waals surface area contributed by atoms with Crippen molar-refractivity contribution in [2.45, 2.75) is 57.8 Å². The molecule has 104 valence electrons. The number of rotatable bonds is 5. The average molecular weight is 258 g/mol. The molecule has 6 nitrogen and oxygen atoms in total. The number of nitrogens with one attached hydrogen (secondary N) is 1. The smallest absolute Gasteiger partial charge is 0.328 e. The van der Waals surface area contributed by atoms with Crippen molar-refractivity contribution in [1.29, 1.82) is 0 Å². The number of aliphatic carboxylic acids is 1. The van der Waals surface area contributed by atoms with Crippen molar-refractivity contribution in [2.24, 2.45) is 0 Å². The van der Waals surface area contributed by atoms with Crippen LogP contribution in [0, 0.1) is 0 Å². The highest BCUT2D eigenvalue weighted by Gasteiger charge is 2.35. The molecule has 18 heavy (non-hydrogen) atoms. The zero-order chi connectivity index (χ0) is 13.9.